The first-order valence-electron chi connectivity index (χ1n) is 5.78. The lowest BCUT2D eigenvalue weighted by molar-refractivity contribution is -0.120. The predicted molar refractivity (Wildman–Crippen MR) is 77.1 cm³/mol. The minimum atomic E-state index is -0.00258. The van der Waals surface area contributed by atoms with E-state index in [4.69, 9.17) is 27.9 Å². The number of rotatable bonds is 5. The Kier molecular flexibility index (Phi) is 4.83. The van der Waals surface area contributed by atoms with Crippen molar-refractivity contribution in [3.05, 3.63) is 64.1 Å². The number of carbonyl (C=O) groups excluding carboxylic acids is 1. The number of halogens is 2. The van der Waals surface area contributed by atoms with Crippen LogP contribution < -0.4 is 4.74 Å². The summed E-state index contributed by atoms with van der Waals surface area (Å²) in [6.45, 7) is 0.0359. The third-order valence-corrected chi connectivity index (χ3v) is 2.99. The van der Waals surface area contributed by atoms with Crippen molar-refractivity contribution in [1.82, 2.24) is 0 Å². The van der Waals surface area contributed by atoms with Gasteiger partial charge >= 0.3 is 0 Å². The topological polar surface area (TPSA) is 26.3 Å². The molecule has 0 saturated carbocycles. The molecule has 2 aromatic rings. The van der Waals surface area contributed by atoms with Crippen molar-refractivity contribution >= 4 is 29.0 Å². The first-order chi connectivity index (χ1) is 9.13. The Morgan fingerprint density at radius 3 is 2.42 bits per heavy atom. The van der Waals surface area contributed by atoms with E-state index in [1.54, 1.807) is 36.4 Å². The van der Waals surface area contributed by atoms with Gasteiger partial charge in [-0.05, 0) is 42.0 Å². The Balaban J connectivity index is 1.86. The van der Waals surface area contributed by atoms with Crippen molar-refractivity contribution in [3.63, 3.8) is 0 Å². The van der Waals surface area contributed by atoms with Gasteiger partial charge in [-0.15, -0.1) is 0 Å². The molecule has 0 fully saturated rings. The van der Waals surface area contributed by atoms with Gasteiger partial charge in [-0.25, -0.2) is 0 Å². The summed E-state index contributed by atoms with van der Waals surface area (Å²) in [4.78, 5) is 11.8. The highest BCUT2D eigenvalue weighted by Gasteiger charge is 2.05. The molecular weight excluding hydrogens is 283 g/mol. The van der Waals surface area contributed by atoms with E-state index in [0.717, 1.165) is 5.56 Å². The zero-order valence-corrected chi connectivity index (χ0v) is 11.6. The maximum Gasteiger partial charge on any atom is 0.174 e. The van der Waals surface area contributed by atoms with Crippen molar-refractivity contribution in [2.45, 2.75) is 6.42 Å². The molecule has 0 radical (unpaired) electrons. The first kappa shape index (κ1) is 13.9. The summed E-state index contributed by atoms with van der Waals surface area (Å²) in [5.74, 6) is 0.626. The Morgan fingerprint density at radius 1 is 1.00 bits per heavy atom. The van der Waals surface area contributed by atoms with Crippen LogP contribution in [0.4, 0.5) is 0 Å². The molecule has 4 heteroatoms. The fourth-order valence-electron chi connectivity index (χ4n) is 1.62. The zero-order valence-electron chi connectivity index (χ0n) is 10.1. The molecule has 0 amide bonds. The smallest absolute Gasteiger partial charge is 0.174 e. The summed E-state index contributed by atoms with van der Waals surface area (Å²) in [6, 6.07) is 14.2. The molecule has 2 aromatic carbocycles. The summed E-state index contributed by atoms with van der Waals surface area (Å²) in [5, 5.41) is 1.27. The Hall–Kier alpha value is -1.51. The largest absolute Gasteiger partial charge is 0.486 e. The van der Waals surface area contributed by atoms with E-state index in [0.29, 0.717) is 22.2 Å². The predicted octanol–water partition coefficient (Wildman–Crippen LogP) is 4.18. The Bertz CT molecular complexity index is 565. The van der Waals surface area contributed by atoms with Crippen molar-refractivity contribution in [2.24, 2.45) is 0 Å². The van der Waals surface area contributed by atoms with Gasteiger partial charge in [0.1, 0.15) is 12.4 Å². The number of carbonyl (C=O) groups is 1. The molecule has 0 unspecified atom stereocenters. The quantitative estimate of drug-likeness (QED) is 0.827. The van der Waals surface area contributed by atoms with Crippen LogP contribution in [0.2, 0.25) is 10.0 Å². The number of hydrogen-bond donors (Lipinski definition) is 0. The average molecular weight is 295 g/mol. The number of hydrogen-bond acceptors (Lipinski definition) is 2. The molecule has 0 atom stereocenters. The average Bonchev–Trinajstić information content (AvgIpc) is 2.38. The third kappa shape index (κ3) is 4.58. The van der Waals surface area contributed by atoms with E-state index in [1.165, 1.54) is 0 Å². The second-order valence-electron chi connectivity index (χ2n) is 4.09. The van der Waals surface area contributed by atoms with E-state index >= 15 is 0 Å². The lowest BCUT2D eigenvalue weighted by Crippen LogP contribution is -2.13. The Labute approximate surface area is 121 Å². The molecule has 0 heterocycles. The highest BCUT2D eigenvalue weighted by molar-refractivity contribution is 6.30. The van der Waals surface area contributed by atoms with Crippen LogP contribution in [-0.4, -0.2) is 12.4 Å². The van der Waals surface area contributed by atoms with E-state index in [-0.39, 0.29) is 12.4 Å². The van der Waals surface area contributed by atoms with Gasteiger partial charge in [0.05, 0.1) is 0 Å². The van der Waals surface area contributed by atoms with Gasteiger partial charge in [0, 0.05) is 16.5 Å². The zero-order chi connectivity index (χ0) is 13.7. The van der Waals surface area contributed by atoms with Gasteiger partial charge in [0.2, 0.25) is 0 Å². The third-order valence-electron chi connectivity index (χ3n) is 2.50. The molecule has 0 aliphatic carbocycles. The SMILES string of the molecule is O=C(COc1ccc(Cl)cc1)Cc1cccc(Cl)c1. The normalized spacial score (nSPS) is 10.2. The molecule has 0 saturated heterocycles. The molecule has 0 N–H and O–H groups in total. The van der Waals surface area contributed by atoms with Crippen molar-refractivity contribution in [1.29, 1.82) is 0 Å². The second kappa shape index (κ2) is 6.60. The molecular formula is C15H12Cl2O2. The van der Waals surface area contributed by atoms with E-state index in [9.17, 15) is 4.79 Å². The van der Waals surface area contributed by atoms with Gasteiger partial charge in [-0.3, -0.25) is 4.79 Å². The first-order valence-corrected chi connectivity index (χ1v) is 6.53. The summed E-state index contributed by atoms with van der Waals surface area (Å²) in [7, 11) is 0. The van der Waals surface area contributed by atoms with E-state index in [2.05, 4.69) is 0 Å². The monoisotopic (exact) mass is 294 g/mol. The fraction of sp³-hybridized carbons (Fsp3) is 0.133. The minimum Gasteiger partial charge on any atom is -0.486 e. The summed E-state index contributed by atoms with van der Waals surface area (Å²) >= 11 is 11.6. The van der Waals surface area contributed by atoms with Crippen LogP contribution in [-0.2, 0) is 11.2 Å². The van der Waals surface area contributed by atoms with Crippen LogP contribution in [0.3, 0.4) is 0 Å². The molecule has 0 aromatic heterocycles. The molecule has 0 aliphatic heterocycles. The van der Waals surface area contributed by atoms with Gasteiger partial charge < -0.3 is 4.74 Å². The fourth-order valence-corrected chi connectivity index (χ4v) is 1.96. The van der Waals surface area contributed by atoms with Gasteiger partial charge in [0.25, 0.3) is 0 Å². The molecule has 2 rings (SSSR count). The summed E-state index contributed by atoms with van der Waals surface area (Å²) in [6.07, 6.45) is 0.314. The van der Waals surface area contributed by atoms with Gasteiger partial charge in [-0.1, -0.05) is 35.3 Å². The maximum absolute atomic E-state index is 11.8. The van der Waals surface area contributed by atoms with Crippen molar-refractivity contribution < 1.29 is 9.53 Å². The van der Waals surface area contributed by atoms with Crippen LogP contribution in [0.25, 0.3) is 0 Å². The number of benzene rings is 2. The molecule has 0 aliphatic rings. The molecule has 2 nitrogen and oxygen atoms in total. The van der Waals surface area contributed by atoms with Crippen LogP contribution in [0.5, 0.6) is 5.75 Å². The number of ketones is 1. The van der Waals surface area contributed by atoms with Crippen LogP contribution in [0, 0.1) is 0 Å². The molecule has 98 valence electrons. The van der Waals surface area contributed by atoms with Gasteiger partial charge in [0.15, 0.2) is 5.78 Å². The van der Waals surface area contributed by atoms with E-state index in [1.807, 2.05) is 12.1 Å². The second-order valence-corrected chi connectivity index (χ2v) is 4.96. The highest BCUT2D eigenvalue weighted by atomic mass is 35.5. The van der Waals surface area contributed by atoms with Crippen molar-refractivity contribution in [3.8, 4) is 5.75 Å². The standard InChI is InChI=1S/C15H12Cl2O2/c16-12-4-6-15(7-5-12)19-10-14(18)9-11-2-1-3-13(17)8-11/h1-8H,9-10H2. The van der Waals surface area contributed by atoms with Crippen LogP contribution >= 0.6 is 23.2 Å². The van der Waals surface area contributed by atoms with E-state index < -0.39 is 0 Å². The van der Waals surface area contributed by atoms with Gasteiger partial charge in [-0.2, -0.15) is 0 Å². The molecule has 0 bridgehead atoms. The molecule has 0 spiro atoms. The summed E-state index contributed by atoms with van der Waals surface area (Å²) in [5.41, 5.74) is 0.886. The Morgan fingerprint density at radius 2 is 1.74 bits per heavy atom. The van der Waals surface area contributed by atoms with Crippen LogP contribution in [0.15, 0.2) is 48.5 Å². The lowest BCUT2D eigenvalue weighted by atomic mass is 10.1. The van der Waals surface area contributed by atoms with Crippen LogP contribution in [0.1, 0.15) is 5.56 Å². The molecule has 19 heavy (non-hydrogen) atoms. The summed E-state index contributed by atoms with van der Waals surface area (Å²) < 4.78 is 5.38. The lowest BCUT2D eigenvalue weighted by Gasteiger charge is -2.06. The number of Topliss-reactive ketones (excluding diaryl/α,β-unsaturated/α-hetero) is 1. The maximum atomic E-state index is 11.8. The highest BCUT2D eigenvalue weighted by Crippen LogP contribution is 2.16. The number of ether oxygens (including phenoxy) is 1. The minimum absolute atomic E-state index is 0.00258. The van der Waals surface area contributed by atoms with Crippen molar-refractivity contribution in [2.75, 3.05) is 6.61 Å².